The summed E-state index contributed by atoms with van der Waals surface area (Å²) in [6.07, 6.45) is 9.30. The van der Waals surface area contributed by atoms with Crippen LogP contribution in [0.5, 0.6) is 0 Å². The van der Waals surface area contributed by atoms with Crippen LogP contribution in [0.15, 0.2) is 11.0 Å². The van der Waals surface area contributed by atoms with Gasteiger partial charge in [-0.1, -0.05) is 11.6 Å². The molecule has 6 heteroatoms. The first-order valence-electron chi connectivity index (χ1n) is 9.76. The molecule has 0 radical (unpaired) electrons. The van der Waals surface area contributed by atoms with Crippen LogP contribution in [0.4, 0.5) is 5.69 Å². The maximum absolute atomic E-state index is 13.1. The van der Waals surface area contributed by atoms with Crippen molar-refractivity contribution in [2.45, 2.75) is 44.1 Å². The Morgan fingerprint density at radius 3 is 2.16 bits per heavy atom. The predicted octanol–water partition coefficient (Wildman–Crippen LogP) is 2.57. The fourth-order valence-corrected chi connectivity index (χ4v) is 6.60. The molecular weight excluding hydrogens is 336 g/mol. The minimum Gasteiger partial charge on any atom is -0.366 e. The Balaban J connectivity index is 1.49. The molecule has 1 aromatic heterocycles. The summed E-state index contributed by atoms with van der Waals surface area (Å²) in [4.78, 5) is 17.7. The Labute approximate surface area is 153 Å². The van der Waals surface area contributed by atoms with Gasteiger partial charge in [-0.05, 0) is 63.3 Å². The summed E-state index contributed by atoms with van der Waals surface area (Å²) in [5, 5.41) is 5.06. The molecule has 5 fully saturated rings. The van der Waals surface area contributed by atoms with Gasteiger partial charge in [-0.3, -0.25) is 4.79 Å². The van der Waals surface area contributed by atoms with Crippen LogP contribution in [0.2, 0.25) is 5.02 Å². The van der Waals surface area contributed by atoms with E-state index in [0.717, 1.165) is 68.9 Å². The fourth-order valence-electron chi connectivity index (χ4n) is 6.35. The van der Waals surface area contributed by atoms with Crippen LogP contribution < -0.4 is 10.5 Å². The molecule has 4 bridgehead atoms. The zero-order valence-corrected chi connectivity index (χ0v) is 15.7. The van der Waals surface area contributed by atoms with Gasteiger partial charge >= 0.3 is 0 Å². The molecule has 136 valence electrons. The average Bonchev–Trinajstić information content (AvgIpc) is 2.57. The van der Waals surface area contributed by atoms with Crippen molar-refractivity contribution in [3.63, 3.8) is 0 Å². The molecule has 0 unspecified atom stereocenters. The lowest BCUT2D eigenvalue weighted by molar-refractivity contribution is -0.0518. The number of likely N-dealkylation sites (N-methyl/N-ethyl adjacent to an activating group) is 1. The molecule has 2 heterocycles. The van der Waals surface area contributed by atoms with Gasteiger partial charge in [-0.2, -0.15) is 5.10 Å². The van der Waals surface area contributed by atoms with E-state index in [0.29, 0.717) is 5.02 Å². The Morgan fingerprint density at radius 1 is 1.04 bits per heavy atom. The van der Waals surface area contributed by atoms with Gasteiger partial charge in [0.15, 0.2) is 0 Å². The number of nitrogens with zero attached hydrogens (tertiary/aromatic N) is 4. The van der Waals surface area contributed by atoms with Gasteiger partial charge in [0.2, 0.25) is 0 Å². The maximum Gasteiger partial charge on any atom is 0.288 e. The standard InChI is InChI=1S/C19H27ClN4O/c1-22-2-4-23(5-3-22)16-12-21-24(18(25)17(16)20)19-9-13-6-14(10-19)8-15(7-13)11-19/h12-15H,2-11H2,1H3. The predicted molar refractivity (Wildman–Crippen MR) is 99.4 cm³/mol. The van der Waals surface area contributed by atoms with Crippen LogP contribution in [0.3, 0.4) is 0 Å². The largest absolute Gasteiger partial charge is 0.366 e. The summed E-state index contributed by atoms with van der Waals surface area (Å²) >= 11 is 6.58. The van der Waals surface area contributed by atoms with Crippen LogP contribution in [-0.2, 0) is 5.54 Å². The SMILES string of the molecule is CN1CCN(c2cnn(C34CC5CC(CC(C5)C3)C4)c(=O)c2Cl)CC1. The van der Waals surface area contributed by atoms with E-state index in [1.54, 1.807) is 4.68 Å². The van der Waals surface area contributed by atoms with Crippen molar-refractivity contribution >= 4 is 17.3 Å². The first-order chi connectivity index (χ1) is 12.0. The highest BCUT2D eigenvalue weighted by Gasteiger charge is 2.53. The molecule has 5 aliphatic rings. The van der Waals surface area contributed by atoms with E-state index in [2.05, 4.69) is 21.9 Å². The quantitative estimate of drug-likeness (QED) is 0.810. The van der Waals surface area contributed by atoms with Crippen LogP contribution in [0, 0.1) is 17.8 Å². The third-order valence-electron chi connectivity index (χ3n) is 7.20. The van der Waals surface area contributed by atoms with Crippen LogP contribution in [0.25, 0.3) is 0 Å². The normalized spacial score (nSPS) is 37.7. The Morgan fingerprint density at radius 2 is 1.60 bits per heavy atom. The van der Waals surface area contributed by atoms with Crippen molar-refractivity contribution in [3.05, 3.63) is 21.6 Å². The third kappa shape index (κ3) is 2.54. The van der Waals surface area contributed by atoms with Crippen molar-refractivity contribution < 1.29 is 0 Å². The second-order valence-electron chi connectivity index (χ2n) is 8.99. The summed E-state index contributed by atoms with van der Waals surface area (Å²) in [6, 6.07) is 0. The Hall–Kier alpha value is -1.07. The van der Waals surface area contributed by atoms with Crippen LogP contribution >= 0.6 is 11.6 Å². The molecule has 1 saturated heterocycles. The molecule has 1 aliphatic heterocycles. The van der Waals surface area contributed by atoms with Gasteiger partial charge in [0.1, 0.15) is 5.02 Å². The van der Waals surface area contributed by atoms with Gasteiger partial charge < -0.3 is 9.80 Å². The number of rotatable bonds is 2. The van der Waals surface area contributed by atoms with E-state index in [-0.39, 0.29) is 11.1 Å². The van der Waals surface area contributed by atoms with Gasteiger partial charge in [0.05, 0.1) is 17.4 Å². The second kappa shape index (κ2) is 5.71. The highest BCUT2D eigenvalue weighted by atomic mass is 35.5. The number of hydrogen-bond acceptors (Lipinski definition) is 4. The van der Waals surface area contributed by atoms with E-state index in [9.17, 15) is 4.79 Å². The Kier molecular flexibility index (Phi) is 3.69. The minimum absolute atomic E-state index is 0.0594. The number of hydrogen-bond donors (Lipinski definition) is 0. The summed E-state index contributed by atoms with van der Waals surface area (Å²) in [7, 11) is 2.13. The minimum atomic E-state index is -0.0694. The lowest BCUT2D eigenvalue weighted by Gasteiger charge is -2.56. The number of halogens is 1. The zero-order chi connectivity index (χ0) is 17.2. The monoisotopic (exact) mass is 362 g/mol. The lowest BCUT2D eigenvalue weighted by Crippen LogP contribution is -2.55. The van der Waals surface area contributed by atoms with Gasteiger partial charge in [-0.15, -0.1) is 0 Å². The summed E-state index contributed by atoms with van der Waals surface area (Å²) < 4.78 is 1.79. The maximum atomic E-state index is 13.1. The highest BCUT2D eigenvalue weighted by molar-refractivity contribution is 6.33. The van der Waals surface area contributed by atoms with Crippen molar-refractivity contribution in [1.82, 2.24) is 14.7 Å². The number of aromatic nitrogens is 2. The molecule has 0 spiro atoms. The molecule has 0 aromatic carbocycles. The van der Waals surface area contributed by atoms with E-state index < -0.39 is 0 Å². The fraction of sp³-hybridized carbons (Fsp3) is 0.789. The smallest absolute Gasteiger partial charge is 0.288 e. The molecule has 25 heavy (non-hydrogen) atoms. The van der Waals surface area contributed by atoms with Gasteiger partial charge in [0, 0.05) is 26.2 Å². The molecule has 5 nitrogen and oxygen atoms in total. The zero-order valence-electron chi connectivity index (χ0n) is 15.0. The third-order valence-corrected chi connectivity index (χ3v) is 7.55. The first-order valence-corrected chi connectivity index (χ1v) is 10.1. The molecule has 0 atom stereocenters. The van der Waals surface area contributed by atoms with Crippen molar-refractivity contribution in [3.8, 4) is 0 Å². The molecule has 4 aliphatic carbocycles. The number of piperazine rings is 1. The molecule has 6 rings (SSSR count). The van der Waals surface area contributed by atoms with E-state index in [1.807, 2.05) is 6.20 Å². The summed E-state index contributed by atoms with van der Waals surface area (Å²) in [5.74, 6) is 2.36. The lowest BCUT2D eigenvalue weighted by atomic mass is 9.53. The van der Waals surface area contributed by atoms with E-state index in [4.69, 9.17) is 11.6 Å². The molecule has 0 N–H and O–H groups in total. The Bertz CT molecular complexity index is 702. The van der Waals surface area contributed by atoms with E-state index >= 15 is 0 Å². The van der Waals surface area contributed by atoms with Crippen molar-refractivity contribution in [2.24, 2.45) is 17.8 Å². The number of anilines is 1. The van der Waals surface area contributed by atoms with Gasteiger partial charge in [-0.25, -0.2) is 4.68 Å². The summed E-state index contributed by atoms with van der Waals surface area (Å²) in [6.45, 7) is 3.79. The molecule has 0 amide bonds. The average molecular weight is 363 g/mol. The highest BCUT2D eigenvalue weighted by Crippen LogP contribution is 2.58. The topological polar surface area (TPSA) is 41.4 Å². The summed E-state index contributed by atoms with van der Waals surface area (Å²) in [5.41, 5.74) is 0.691. The second-order valence-corrected chi connectivity index (χ2v) is 9.37. The van der Waals surface area contributed by atoms with Crippen LogP contribution in [0.1, 0.15) is 38.5 Å². The van der Waals surface area contributed by atoms with Gasteiger partial charge in [0.25, 0.3) is 5.56 Å². The molecular formula is C19H27ClN4O. The van der Waals surface area contributed by atoms with Crippen molar-refractivity contribution in [1.29, 1.82) is 0 Å². The first kappa shape index (κ1) is 16.1. The molecule has 1 aromatic rings. The van der Waals surface area contributed by atoms with E-state index in [1.165, 1.54) is 19.3 Å². The van der Waals surface area contributed by atoms with Crippen LogP contribution in [-0.4, -0.2) is 47.9 Å². The molecule has 4 saturated carbocycles. The van der Waals surface area contributed by atoms with Crippen molar-refractivity contribution in [2.75, 3.05) is 38.1 Å².